The Balaban J connectivity index is 1.51. The molecule has 1 aliphatic heterocycles. The summed E-state index contributed by atoms with van der Waals surface area (Å²) in [5.41, 5.74) is 1.40. The SMILES string of the molecule is Cc1cc(Br)ccc1OCC(=O)Nc1ccc(S(=O)(=O)NCC2CCCO2)cc1. The topological polar surface area (TPSA) is 93.7 Å². The van der Waals surface area contributed by atoms with Gasteiger partial charge in [-0.1, -0.05) is 15.9 Å². The second-order valence-corrected chi connectivity index (χ2v) is 9.44. The lowest BCUT2D eigenvalue weighted by atomic mass is 10.2. The number of carbonyl (C=O) groups excluding carboxylic acids is 1. The van der Waals surface area contributed by atoms with Crippen molar-refractivity contribution in [3.63, 3.8) is 0 Å². The Labute approximate surface area is 179 Å². The third-order valence-electron chi connectivity index (χ3n) is 4.47. The van der Waals surface area contributed by atoms with Gasteiger partial charge in [0.1, 0.15) is 5.75 Å². The smallest absolute Gasteiger partial charge is 0.262 e. The number of ether oxygens (including phenoxy) is 2. The van der Waals surface area contributed by atoms with Gasteiger partial charge >= 0.3 is 0 Å². The highest BCUT2D eigenvalue weighted by atomic mass is 79.9. The number of aryl methyl sites for hydroxylation is 1. The number of anilines is 1. The molecule has 1 fully saturated rings. The third-order valence-corrected chi connectivity index (χ3v) is 6.40. The first-order valence-corrected chi connectivity index (χ1v) is 11.5. The van der Waals surface area contributed by atoms with Gasteiger partial charge in [-0.25, -0.2) is 13.1 Å². The number of hydrogen-bond donors (Lipinski definition) is 2. The van der Waals surface area contributed by atoms with Crippen LogP contribution in [0, 0.1) is 6.92 Å². The Morgan fingerprint density at radius 2 is 2.00 bits per heavy atom. The minimum atomic E-state index is -3.62. The van der Waals surface area contributed by atoms with Crippen LogP contribution in [0.5, 0.6) is 5.75 Å². The van der Waals surface area contributed by atoms with E-state index in [9.17, 15) is 13.2 Å². The van der Waals surface area contributed by atoms with Crippen LogP contribution in [0.15, 0.2) is 51.8 Å². The minimum Gasteiger partial charge on any atom is -0.483 e. The van der Waals surface area contributed by atoms with Crippen molar-refractivity contribution in [3.8, 4) is 5.75 Å². The fraction of sp³-hybridized carbons (Fsp3) is 0.350. The predicted molar refractivity (Wildman–Crippen MR) is 114 cm³/mol. The van der Waals surface area contributed by atoms with Gasteiger partial charge in [-0.3, -0.25) is 4.79 Å². The van der Waals surface area contributed by atoms with E-state index < -0.39 is 10.0 Å². The Hall–Kier alpha value is -1.94. The van der Waals surface area contributed by atoms with Gasteiger partial charge < -0.3 is 14.8 Å². The van der Waals surface area contributed by atoms with Crippen molar-refractivity contribution < 1.29 is 22.7 Å². The van der Waals surface area contributed by atoms with Crippen molar-refractivity contribution in [2.24, 2.45) is 0 Å². The van der Waals surface area contributed by atoms with Crippen molar-refractivity contribution >= 4 is 37.5 Å². The molecule has 1 heterocycles. The molecule has 0 spiro atoms. The Morgan fingerprint density at radius 3 is 2.66 bits per heavy atom. The van der Waals surface area contributed by atoms with Crippen molar-refractivity contribution in [3.05, 3.63) is 52.5 Å². The average Bonchev–Trinajstić information content (AvgIpc) is 3.20. The molecule has 1 aliphatic rings. The second kappa shape index (κ2) is 9.71. The van der Waals surface area contributed by atoms with Gasteiger partial charge in [-0.2, -0.15) is 0 Å². The van der Waals surface area contributed by atoms with Crippen molar-refractivity contribution in [2.45, 2.75) is 30.8 Å². The highest BCUT2D eigenvalue weighted by Crippen LogP contribution is 2.22. The molecule has 0 aromatic heterocycles. The number of rotatable bonds is 8. The van der Waals surface area contributed by atoms with Gasteiger partial charge in [-0.15, -0.1) is 0 Å². The van der Waals surface area contributed by atoms with E-state index in [0.29, 0.717) is 18.0 Å². The van der Waals surface area contributed by atoms with Crippen LogP contribution in [0.1, 0.15) is 18.4 Å². The molecule has 1 amide bonds. The summed E-state index contributed by atoms with van der Waals surface area (Å²) in [6, 6.07) is 11.5. The molecule has 2 aromatic rings. The molecule has 0 bridgehead atoms. The first-order chi connectivity index (χ1) is 13.8. The first kappa shape index (κ1) is 21.8. The van der Waals surface area contributed by atoms with Crippen molar-refractivity contribution in [2.75, 3.05) is 25.1 Å². The fourth-order valence-corrected chi connectivity index (χ4v) is 4.47. The van der Waals surface area contributed by atoms with E-state index in [2.05, 4.69) is 26.0 Å². The summed E-state index contributed by atoms with van der Waals surface area (Å²) < 4.78 is 39.2. The molecule has 2 aromatic carbocycles. The summed E-state index contributed by atoms with van der Waals surface area (Å²) in [6.07, 6.45) is 1.74. The molecule has 156 valence electrons. The van der Waals surface area contributed by atoms with Gasteiger partial charge in [0.25, 0.3) is 5.91 Å². The number of amides is 1. The highest BCUT2D eigenvalue weighted by molar-refractivity contribution is 9.10. The number of hydrogen-bond acceptors (Lipinski definition) is 5. The molecule has 3 rings (SSSR count). The van der Waals surface area contributed by atoms with Crippen LogP contribution >= 0.6 is 15.9 Å². The zero-order valence-corrected chi connectivity index (χ0v) is 18.4. The lowest BCUT2D eigenvalue weighted by Gasteiger charge is -2.12. The van der Waals surface area contributed by atoms with E-state index >= 15 is 0 Å². The maximum Gasteiger partial charge on any atom is 0.262 e. The molecular formula is C20H23BrN2O5S. The first-order valence-electron chi connectivity index (χ1n) is 9.23. The van der Waals surface area contributed by atoms with Crippen LogP contribution in [-0.2, 0) is 19.6 Å². The maximum absolute atomic E-state index is 12.4. The molecule has 0 radical (unpaired) electrons. The molecule has 2 N–H and O–H groups in total. The Morgan fingerprint density at radius 1 is 1.24 bits per heavy atom. The zero-order chi connectivity index (χ0) is 20.9. The van der Waals surface area contributed by atoms with Crippen LogP contribution in [0.2, 0.25) is 0 Å². The van der Waals surface area contributed by atoms with Crippen LogP contribution < -0.4 is 14.8 Å². The molecule has 9 heteroatoms. The lowest BCUT2D eigenvalue weighted by molar-refractivity contribution is -0.118. The van der Waals surface area contributed by atoms with Gasteiger partial charge in [0.05, 0.1) is 11.0 Å². The number of nitrogens with one attached hydrogen (secondary N) is 2. The standard InChI is InChI=1S/C20H23BrN2O5S/c1-14-11-15(21)4-9-19(14)28-13-20(24)23-16-5-7-18(8-6-16)29(25,26)22-12-17-3-2-10-27-17/h4-9,11,17,22H,2-3,10,12-13H2,1H3,(H,23,24). The number of sulfonamides is 1. The van der Waals surface area contributed by atoms with Crippen LogP contribution in [0.25, 0.3) is 0 Å². The molecule has 0 saturated carbocycles. The van der Waals surface area contributed by atoms with Crippen LogP contribution in [0.3, 0.4) is 0 Å². The van der Waals surface area contributed by atoms with Gasteiger partial charge in [0.15, 0.2) is 6.61 Å². The Bertz CT molecular complexity index is 957. The summed E-state index contributed by atoms with van der Waals surface area (Å²) >= 11 is 3.38. The molecular weight excluding hydrogens is 460 g/mol. The van der Waals surface area contributed by atoms with Crippen molar-refractivity contribution in [1.29, 1.82) is 0 Å². The summed E-state index contributed by atoms with van der Waals surface area (Å²) in [5.74, 6) is 0.293. The van der Waals surface area contributed by atoms with E-state index in [1.165, 1.54) is 12.1 Å². The maximum atomic E-state index is 12.4. The van der Waals surface area contributed by atoms with E-state index in [-0.39, 0.29) is 30.1 Å². The molecule has 0 aliphatic carbocycles. The fourth-order valence-electron chi connectivity index (χ4n) is 2.92. The summed E-state index contributed by atoms with van der Waals surface area (Å²) in [4.78, 5) is 12.2. The van der Waals surface area contributed by atoms with Crippen LogP contribution in [0.4, 0.5) is 5.69 Å². The largest absolute Gasteiger partial charge is 0.483 e. The molecule has 1 unspecified atom stereocenters. The number of benzene rings is 2. The second-order valence-electron chi connectivity index (χ2n) is 6.76. The van der Waals surface area contributed by atoms with E-state index in [1.54, 1.807) is 18.2 Å². The quantitative estimate of drug-likeness (QED) is 0.602. The van der Waals surface area contributed by atoms with Gasteiger partial charge in [-0.05, 0) is 67.8 Å². The normalized spacial score (nSPS) is 16.6. The summed E-state index contributed by atoms with van der Waals surface area (Å²) in [7, 11) is -3.62. The Kier molecular flexibility index (Phi) is 7.28. The van der Waals surface area contributed by atoms with Crippen LogP contribution in [-0.4, -0.2) is 40.2 Å². The van der Waals surface area contributed by atoms with E-state index in [4.69, 9.17) is 9.47 Å². The number of carbonyl (C=O) groups is 1. The molecule has 1 saturated heterocycles. The monoisotopic (exact) mass is 482 g/mol. The zero-order valence-electron chi connectivity index (χ0n) is 16.0. The molecule has 1 atom stereocenters. The summed E-state index contributed by atoms with van der Waals surface area (Å²) in [6.45, 7) is 2.68. The highest BCUT2D eigenvalue weighted by Gasteiger charge is 2.20. The van der Waals surface area contributed by atoms with E-state index in [1.807, 2.05) is 19.1 Å². The predicted octanol–water partition coefficient (Wildman–Crippen LogP) is 3.23. The van der Waals surface area contributed by atoms with Crippen molar-refractivity contribution in [1.82, 2.24) is 4.72 Å². The lowest BCUT2D eigenvalue weighted by Crippen LogP contribution is -2.31. The van der Waals surface area contributed by atoms with E-state index in [0.717, 1.165) is 22.9 Å². The molecule has 29 heavy (non-hydrogen) atoms. The molecule has 7 nitrogen and oxygen atoms in total. The van der Waals surface area contributed by atoms with Gasteiger partial charge in [0.2, 0.25) is 10.0 Å². The van der Waals surface area contributed by atoms with Gasteiger partial charge in [0, 0.05) is 23.3 Å². The third kappa shape index (κ3) is 6.27. The average molecular weight is 483 g/mol. The minimum absolute atomic E-state index is 0.0716. The number of halogens is 1. The summed E-state index contributed by atoms with van der Waals surface area (Å²) in [5, 5.41) is 2.69.